The van der Waals surface area contributed by atoms with E-state index in [9.17, 15) is 4.79 Å². The zero-order chi connectivity index (χ0) is 20.3. The predicted molar refractivity (Wildman–Crippen MR) is 119 cm³/mol. The molecular formula is C25H30N4O. The lowest BCUT2D eigenvalue weighted by atomic mass is 10.0. The molecule has 2 aromatic carbocycles. The Morgan fingerprint density at radius 2 is 1.83 bits per heavy atom. The highest BCUT2D eigenvalue weighted by molar-refractivity contribution is 5.97. The first-order valence-corrected chi connectivity index (χ1v) is 11.3. The molecule has 0 atom stereocenters. The van der Waals surface area contributed by atoms with E-state index in [2.05, 4.69) is 51.2 Å². The average molecular weight is 403 g/mol. The molecule has 2 aliphatic heterocycles. The van der Waals surface area contributed by atoms with E-state index in [1.54, 1.807) is 0 Å². The number of imidazole rings is 1. The molecule has 0 bridgehead atoms. The van der Waals surface area contributed by atoms with Crippen molar-refractivity contribution in [2.75, 3.05) is 13.1 Å². The first-order valence-electron chi connectivity index (χ1n) is 11.3. The third kappa shape index (κ3) is 4.12. The summed E-state index contributed by atoms with van der Waals surface area (Å²) in [5.41, 5.74) is 4.20. The Morgan fingerprint density at radius 1 is 1.00 bits per heavy atom. The van der Waals surface area contributed by atoms with E-state index in [4.69, 9.17) is 4.98 Å². The fourth-order valence-corrected chi connectivity index (χ4v) is 4.84. The molecule has 5 nitrogen and oxygen atoms in total. The fourth-order valence-electron chi connectivity index (χ4n) is 4.84. The van der Waals surface area contributed by atoms with Gasteiger partial charge in [-0.3, -0.25) is 9.69 Å². The molecule has 1 N–H and O–H groups in total. The maximum atomic E-state index is 12.9. The highest BCUT2D eigenvalue weighted by Gasteiger charge is 2.22. The molecule has 1 aromatic heterocycles. The largest absolute Gasteiger partial charge is 0.349 e. The Kier molecular flexibility index (Phi) is 5.54. The Labute approximate surface area is 178 Å². The standard InChI is InChI=1S/C25H30N4O/c30-25(26-21-12-15-28(16-13-21)18-19-7-3-1-4-8-19)20-10-11-23-22(17-20)27-24-9-5-2-6-14-29(23)24/h1,3-4,7-8,10-11,17,21H,2,5-6,9,12-16,18H2,(H,26,30). The van der Waals surface area contributed by atoms with Crippen LogP contribution in [0.3, 0.4) is 0 Å². The second-order valence-electron chi connectivity index (χ2n) is 8.70. The Morgan fingerprint density at radius 3 is 2.67 bits per heavy atom. The van der Waals surface area contributed by atoms with Crippen molar-refractivity contribution in [3.63, 3.8) is 0 Å². The van der Waals surface area contributed by atoms with Crippen molar-refractivity contribution in [1.82, 2.24) is 19.8 Å². The topological polar surface area (TPSA) is 50.2 Å². The number of aryl methyl sites for hydroxylation is 2. The normalized spacial score (nSPS) is 18.1. The fraction of sp³-hybridized carbons (Fsp3) is 0.440. The summed E-state index contributed by atoms with van der Waals surface area (Å²) in [6.07, 6.45) is 6.73. The van der Waals surface area contributed by atoms with Gasteiger partial charge in [0.2, 0.25) is 0 Å². The maximum absolute atomic E-state index is 12.9. The number of benzene rings is 2. The van der Waals surface area contributed by atoms with E-state index in [-0.39, 0.29) is 11.9 Å². The number of likely N-dealkylation sites (tertiary alicyclic amines) is 1. The van der Waals surface area contributed by atoms with Crippen LogP contribution in [0.4, 0.5) is 0 Å². The molecule has 2 aliphatic rings. The van der Waals surface area contributed by atoms with Gasteiger partial charge in [0.25, 0.3) is 5.91 Å². The Balaban J connectivity index is 1.20. The molecule has 5 rings (SSSR count). The molecule has 0 spiro atoms. The van der Waals surface area contributed by atoms with Crippen molar-refractivity contribution in [2.24, 2.45) is 0 Å². The first kappa shape index (κ1) is 19.3. The molecule has 1 fully saturated rings. The molecule has 156 valence electrons. The van der Waals surface area contributed by atoms with Gasteiger partial charge in [-0.25, -0.2) is 4.98 Å². The van der Waals surface area contributed by atoms with Gasteiger partial charge in [-0.2, -0.15) is 0 Å². The van der Waals surface area contributed by atoms with Gasteiger partial charge in [-0.05, 0) is 49.4 Å². The molecule has 1 saturated heterocycles. The molecule has 0 aliphatic carbocycles. The van der Waals surface area contributed by atoms with Crippen molar-refractivity contribution in [1.29, 1.82) is 0 Å². The van der Waals surface area contributed by atoms with Crippen molar-refractivity contribution < 1.29 is 4.79 Å². The summed E-state index contributed by atoms with van der Waals surface area (Å²) in [5.74, 6) is 1.20. The summed E-state index contributed by atoms with van der Waals surface area (Å²) in [6, 6.07) is 16.9. The Bertz CT molecular complexity index is 1020. The van der Waals surface area contributed by atoms with Crippen molar-refractivity contribution >= 4 is 16.9 Å². The lowest BCUT2D eigenvalue weighted by molar-refractivity contribution is 0.0909. The minimum absolute atomic E-state index is 0.0293. The number of carbonyl (C=O) groups excluding carboxylic acids is 1. The Hall–Kier alpha value is -2.66. The predicted octanol–water partition coefficient (Wildman–Crippen LogP) is 4.16. The first-order chi connectivity index (χ1) is 14.8. The van der Waals surface area contributed by atoms with Crippen LogP contribution in [0, 0.1) is 0 Å². The lowest BCUT2D eigenvalue weighted by Crippen LogP contribution is -2.44. The molecule has 0 saturated carbocycles. The van der Waals surface area contributed by atoms with Gasteiger partial charge < -0.3 is 9.88 Å². The van der Waals surface area contributed by atoms with Gasteiger partial charge in [0.05, 0.1) is 11.0 Å². The van der Waals surface area contributed by atoms with E-state index >= 15 is 0 Å². The van der Waals surface area contributed by atoms with E-state index in [0.717, 1.165) is 62.0 Å². The molecular weight excluding hydrogens is 372 g/mol. The number of carbonyl (C=O) groups is 1. The van der Waals surface area contributed by atoms with Crippen molar-refractivity contribution in [3.05, 3.63) is 65.5 Å². The minimum atomic E-state index is 0.0293. The number of nitrogens with one attached hydrogen (secondary N) is 1. The molecule has 3 aromatic rings. The van der Waals surface area contributed by atoms with E-state index in [1.165, 1.54) is 30.7 Å². The van der Waals surface area contributed by atoms with Crippen LogP contribution in [-0.2, 0) is 19.5 Å². The summed E-state index contributed by atoms with van der Waals surface area (Å²) in [7, 11) is 0. The second-order valence-corrected chi connectivity index (χ2v) is 8.70. The number of amides is 1. The monoisotopic (exact) mass is 402 g/mol. The third-order valence-corrected chi connectivity index (χ3v) is 6.54. The van der Waals surface area contributed by atoms with Gasteiger partial charge in [0.1, 0.15) is 5.82 Å². The second kappa shape index (κ2) is 8.60. The molecule has 0 unspecified atom stereocenters. The van der Waals surface area contributed by atoms with Crippen molar-refractivity contribution in [3.8, 4) is 0 Å². The summed E-state index contributed by atoms with van der Waals surface area (Å²) in [5, 5.41) is 3.26. The van der Waals surface area contributed by atoms with Crippen LogP contribution in [0.15, 0.2) is 48.5 Å². The van der Waals surface area contributed by atoms with Crippen LogP contribution in [0.5, 0.6) is 0 Å². The summed E-state index contributed by atoms with van der Waals surface area (Å²) < 4.78 is 2.34. The summed E-state index contributed by atoms with van der Waals surface area (Å²) >= 11 is 0. The van der Waals surface area contributed by atoms with Gasteiger partial charge >= 0.3 is 0 Å². The highest BCUT2D eigenvalue weighted by atomic mass is 16.1. The van der Waals surface area contributed by atoms with Gasteiger partial charge in [0.15, 0.2) is 0 Å². The number of rotatable bonds is 4. The number of nitrogens with zero attached hydrogens (tertiary/aromatic N) is 3. The van der Waals surface area contributed by atoms with Gasteiger partial charge in [-0.1, -0.05) is 36.8 Å². The number of hydrogen-bond donors (Lipinski definition) is 1. The van der Waals surface area contributed by atoms with Crippen LogP contribution in [0.25, 0.3) is 11.0 Å². The molecule has 30 heavy (non-hydrogen) atoms. The van der Waals surface area contributed by atoms with Crippen LogP contribution < -0.4 is 5.32 Å². The maximum Gasteiger partial charge on any atom is 0.251 e. The quantitative estimate of drug-likeness (QED) is 0.713. The number of aromatic nitrogens is 2. The molecule has 0 radical (unpaired) electrons. The zero-order valence-corrected chi connectivity index (χ0v) is 17.5. The molecule has 1 amide bonds. The average Bonchev–Trinajstić information content (AvgIpc) is 2.95. The summed E-state index contributed by atoms with van der Waals surface area (Å²) in [6.45, 7) is 4.07. The van der Waals surface area contributed by atoms with Gasteiger partial charge in [-0.15, -0.1) is 0 Å². The van der Waals surface area contributed by atoms with E-state index in [0.29, 0.717) is 0 Å². The van der Waals surface area contributed by atoms with E-state index in [1.807, 2.05) is 12.1 Å². The van der Waals surface area contributed by atoms with Crippen LogP contribution in [0.2, 0.25) is 0 Å². The smallest absolute Gasteiger partial charge is 0.251 e. The van der Waals surface area contributed by atoms with Crippen LogP contribution in [0.1, 0.15) is 53.8 Å². The van der Waals surface area contributed by atoms with Crippen molar-refractivity contribution in [2.45, 2.75) is 57.7 Å². The molecule has 3 heterocycles. The minimum Gasteiger partial charge on any atom is -0.349 e. The zero-order valence-electron chi connectivity index (χ0n) is 17.5. The van der Waals surface area contributed by atoms with Gasteiger partial charge in [0, 0.05) is 44.2 Å². The van der Waals surface area contributed by atoms with E-state index < -0.39 is 0 Å². The SMILES string of the molecule is O=C(NC1CCN(Cc2ccccc2)CC1)c1ccc2c(c1)nc1n2CCCCC1. The highest BCUT2D eigenvalue weighted by Crippen LogP contribution is 2.23. The van der Waals surface area contributed by atoms with Crippen LogP contribution >= 0.6 is 0 Å². The third-order valence-electron chi connectivity index (χ3n) is 6.54. The number of hydrogen-bond acceptors (Lipinski definition) is 3. The lowest BCUT2D eigenvalue weighted by Gasteiger charge is -2.32. The van der Waals surface area contributed by atoms with Crippen LogP contribution in [-0.4, -0.2) is 39.5 Å². The summed E-state index contributed by atoms with van der Waals surface area (Å²) in [4.78, 5) is 20.2. The molecule has 5 heteroatoms. The number of fused-ring (bicyclic) bond motifs is 3. The number of piperidine rings is 1.